The van der Waals surface area contributed by atoms with Crippen LogP contribution < -0.4 is 4.72 Å². The minimum Gasteiger partial charge on any atom is -0.294 e. The van der Waals surface area contributed by atoms with E-state index >= 15 is 0 Å². The Morgan fingerprint density at radius 3 is 2.09 bits per heavy atom. The Morgan fingerprint density at radius 1 is 1.00 bits per heavy atom. The van der Waals surface area contributed by atoms with Crippen LogP contribution in [0.3, 0.4) is 0 Å². The van der Waals surface area contributed by atoms with Crippen molar-refractivity contribution in [2.45, 2.75) is 32.6 Å². The molecule has 4 nitrogen and oxygen atoms in total. The molecule has 0 amide bonds. The maximum Gasteiger partial charge on any atom is 0.262 e. The molecule has 0 aliphatic heterocycles. The fraction of sp³-hybridized carbons (Fsp3) is 0.235. The summed E-state index contributed by atoms with van der Waals surface area (Å²) in [6.07, 6.45) is 0. The number of aryl methyl sites for hydroxylation is 3. The van der Waals surface area contributed by atoms with Crippen LogP contribution in [0.1, 0.15) is 34.0 Å². The number of anilines is 1. The number of hydrogen-bond donors (Lipinski definition) is 1. The summed E-state index contributed by atoms with van der Waals surface area (Å²) < 4.78 is 28.0. The van der Waals surface area contributed by atoms with E-state index < -0.39 is 10.0 Å². The summed E-state index contributed by atoms with van der Waals surface area (Å²) in [5, 5.41) is 0. The summed E-state index contributed by atoms with van der Waals surface area (Å²) >= 11 is 0. The molecular weight excluding hydrogens is 298 g/mol. The van der Waals surface area contributed by atoms with E-state index in [2.05, 4.69) is 4.72 Å². The largest absolute Gasteiger partial charge is 0.294 e. The predicted octanol–water partition coefficient (Wildman–Crippen LogP) is 3.62. The molecule has 0 heterocycles. The molecule has 0 bridgehead atoms. The van der Waals surface area contributed by atoms with Crippen molar-refractivity contribution in [1.82, 2.24) is 0 Å². The van der Waals surface area contributed by atoms with Crippen LogP contribution in [0, 0.1) is 20.8 Å². The topological polar surface area (TPSA) is 63.2 Å². The first kappa shape index (κ1) is 16.2. The predicted molar refractivity (Wildman–Crippen MR) is 87.9 cm³/mol. The highest BCUT2D eigenvalue weighted by atomic mass is 32.2. The highest BCUT2D eigenvalue weighted by molar-refractivity contribution is 7.92. The maximum absolute atomic E-state index is 12.7. The molecular formula is C17H19NO3S. The number of ketones is 1. The van der Waals surface area contributed by atoms with Crippen LogP contribution in [0.15, 0.2) is 41.3 Å². The lowest BCUT2D eigenvalue weighted by atomic mass is 10.1. The number of hydrogen-bond acceptors (Lipinski definition) is 3. The van der Waals surface area contributed by atoms with Gasteiger partial charge in [-0.2, -0.15) is 0 Å². The first-order valence-corrected chi connectivity index (χ1v) is 8.41. The minimum atomic E-state index is -3.75. The van der Waals surface area contributed by atoms with Gasteiger partial charge >= 0.3 is 0 Å². The van der Waals surface area contributed by atoms with Crippen molar-refractivity contribution in [3.8, 4) is 0 Å². The molecule has 0 aromatic heterocycles. The first-order chi connectivity index (χ1) is 10.2. The molecule has 0 unspecified atom stereocenters. The SMILES string of the molecule is CC(=O)c1ccccc1NS(=O)(=O)c1c(C)cc(C)cc1C. The summed E-state index contributed by atoms with van der Waals surface area (Å²) in [6.45, 7) is 6.88. The van der Waals surface area contributed by atoms with E-state index in [0.717, 1.165) is 5.56 Å². The Labute approximate surface area is 131 Å². The summed E-state index contributed by atoms with van der Waals surface area (Å²) in [4.78, 5) is 11.9. The second-order valence-corrected chi connectivity index (χ2v) is 7.05. The monoisotopic (exact) mass is 317 g/mol. The summed E-state index contributed by atoms with van der Waals surface area (Å²) in [6, 6.07) is 10.3. The van der Waals surface area contributed by atoms with Crippen LogP contribution in [0.4, 0.5) is 5.69 Å². The number of rotatable bonds is 4. The Bertz CT molecular complexity index is 816. The van der Waals surface area contributed by atoms with Crippen LogP contribution >= 0.6 is 0 Å². The molecule has 22 heavy (non-hydrogen) atoms. The van der Waals surface area contributed by atoms with E-state index in [9.17, 15) is 13.2 Å². The fourth-order valence-corrected chi connectivity index (χ4v) is 4.20. The van der Waals surface area contributed by atoms with E-state index in [1.807, 2.05) is 19.1 Å². The van der Waals surface area contributed by atoms with E-state index in [-0.39, 0.29) is 10.7 Å². The van der Waals surface area contributed by atoms with Gasteiger partial charge < -0.3 is 0 Å². The average Bonchev–Trinajstić information content (AvgIpc) is 2.36. The number of nitrogens with one attached hydrogen (secondary N) is 1. The van der Waals surface area contributed by atoms with Crippen LogP contribution in [0.25, 0.3) is 0 Å². The van der Waals surface area contributed by atoms with E-state index in [1.165, 1.54) is 6.92 Å². The molecule has 0 fully saturated rings. The molecule has 0 saturated carbocycles. The fourth-order valence-electron chi connectivity index (χ4n) is 2.67. The van der Waals surface area contributed by atoms with Crippen molar-refractivity contribution in [2.75, 3.05) is 4.72 Å². The smallest absolute Gasteiger partial charge is 0.262 e. The zero-order valence-electron chi connectivity index (χ0n) is 13.1. The summed E-state index contributed by atoms with van der Waals surface area (Å²) in [5.74, 6) is -0.185. The van der Waals surface area contributed by atoms with Gasteiger partial charge in [-0.15, -0.1) is 0 Å². The first-order valence-electron chi connectivity index (χ1n) is 6.93. The van der Waals surface area contributed by atoms with Gasteiger partial charge in [-0.1, -0.05) is 29.8 Å². The Balaban J connectivity index is 2.53. The van der Waals surface area contributed by atoms with Crippen LogP contribution in [0.2, 0.25) is 0 Å². The van der Waals surface area contributed by atoms with Gasteiger partial charge in [0.05, 0.1) is 10.6 Å². The molecule has 5 heteroatoms. The van der Waals surface area contributed by atoms with Crippen LogP contribution in [0.5, 0.6) is 0 Å². The molecule has 1 N–H and O–H groups in total. The lowest BCUT2D eigenvalue weighted by molar-refractivity contribution is 0.101. The Morgan fingerprint density at radius 2 is 1.55 bits per heavy atom. The zero-order chi connectivity index (χ0) is 16.5. The van der Waals surface area contributed by atoms with Crippen molar-refractivity contribution in [3.63, 3.8) is 0 Å². The number of para-hydroxylation sites is 1. The molecule has 0 atom stereocenters. The molecule has 0 saturated heterocycles. The van der Waals surface area contributed by atoms with Gasteiger partial charge in [-0.3, -0.25) is 9.52 Å². The standard InChI is InChI=1S/C17H19NO3S/c1-11-9-12(2)17(13(3)10-11)22(20,21)18-16-8-6-5-7-15(16)14(4)19/h5-10,18H,1-4H3. The van der Waals surface area contributed by atoms with Crippen molar-refractivity contribution in [3.05, 3.63) is 58.7 Å². The molecule has 2 rings (SSSR count). The van der Waals surface area contributed by atoms with Gasteiger partial charge in [0.15, 0.2) is 5.78 Å². The maximum atomic E-state index is 12.7. The summed E-state index contributed by atoms with van der Waals surface area (Å²) in [7, 11) is -3.75. The third kappa shape index (κ3) is 3.20. The van der Waals surface area contributed by atoms with Crippen molar-refractivity contribution in [2.24, 2.45) is 0 Å². The van der Waals surface area contributed by atoms with E-state index in [1.54, 1.807) is 38.1 Å². The van der Waals surface area contributed by atoms with Crippen molar-refractivity contribution >= 4 is 21.5 Å². The molecule has 0 aliphatic rings. The second-order valence-electron chi connectivity index (χ2n) is 5.44. The van der Waals surface area contributed by atoms with E-state index in [0.29, 0.717) is 22.4 Å². The average molecular weight is 317 g/mol. The van der Waals surface area contributed by atoms with Gasteiger partial charge in [0, 0.05) is 5.56 Å². The molecule has 0 spiro atoms. The Kier molecular flexibility index (Phi) is 4.37. The van der Waals surface area contributed by atoms with E-state index in [4.69, 9.17) is 0 Å². The van der Waals surface area contributed by atoms with Crippen LogP contribution in [-0.4, -0.2) is 14.2 Å². The lowest BCUT2D eigenvalue weighted by Gasteiger charge is -2.15. The van der Waals surface area contributed by atoms with Gasteiger partial charge in [0.25, 0.3) is 10.0 Å². The highest BCUT2D eigenvalue weighted by Gasteiger charge is 2.21. The number of Topliss-reactive ketones (excluding diaryl/α,β-unsaturated/α-hetero) is 1. The zero-order valence-corrected chi connectivity index (χ0v) is 13.9. The minimum absolute atomic E-state index is 0.185. The van der Waals surface area contributed by atoms with Crippen molar-refractivity contribution < 1.29 is 13.2 Å². The number of carbonyl (C=O) groups excluding carboxylic acids is 1. The van der Waals surface area contributed by atoms with Gasteiger partial charge in [0.1, 0.15) is 0 Å². The molecule has 2 aromatic rings. The third-order valence-electron chi connectivity index (χ3n) is 3.42. The third-order valence-corrected chi connectivity index (χ3v) is 5.09. The number of carbonyl (C=O) groups is 1. The molecule has 116 valence electrons. The number of sulfonamides is 1. The lowest BCUT2D eigenvalue weighted by Crippen LogP contribution is -2.17. The molecule has 2 aromatic carbocycles. The quantitative estimate of drug-likeness (QED) is 0.876. The highest BCUT2D eigenvalue weighted by Crippen LogP contribution is 2.26. The normalized spacial score (nSPS) is 11.3. The van der Waals surface area contributed by atoms with Gasteiger partial charge in [-0.25, -0.2) is 8.42 Å². The number of benzene rings is 2. The second kappa shape index (κ2) is 5.93. The van der Waals surface area contributed by atoms with Gasteiger partial charge in [-0.05, 0) is 51.0 Å². The van der Waals surface area contributed by atoms with Gasteiger partial charge in [0.2, 0.25) is 0 Å². The molecule has 0 radical (unpaired) electrons. The summed E-state index contributed by atoms with van der Waals surface area (Å²) in [5.41, 5.74) is 3.04. The van der Waals surface area contributed by atoms with Crippen molar-refractivity contribution in [1.29, 1.82) is 0 Å². The molecule has 0 aliphatic carbocycles. The van der Waals surface area contributed by atoms with Crippen LogP contribution in [-0.2, 0) is 10.0 Å². The Hall–Kier alpha value is -2.14.